The van der Waals surface area contributed by atoms with Gasteiger partial charge in [-0.05, 0) is 38.4 Å². The zero-order valence-corrected chi connectivity index (χ0v) is 15.0. The van der Waals surface area contributed by atoms with Crippen LogP contribution in [0.15, 0.2) is 47.4 Å². The Morgan fingerprint density at radius 1 is 1.12 bits per heavy atom. The Kier molecular flexibility index (Phi) is 6.10. The topological polar surface area (TPSA) is 58.6 Å². The second kappa shape index (κ2) is 7.90. The first-order valence-corrected chi connectivity index (χ1v) is 8.98. The van der Waals surface area contributed by atoms with Gasteiger partial charge in [-0.1, -0.05) is 18.2 Å². The van der Waals surface area contributed by atoms with Crippen molar-refractivity contribution in [3.05, 3.63) is 59.7 Å². The molecular weight excluding hydrogens is 350 g/mol. The third kappa shape index (κ3) is 4.53. The average Bonchev–Trinajstić information content (AvgIpc) is 2.57. The van der Waals surface area contributed by atoms with Crippen LogP contribution in [0.3, 0.4) is 0 Å². The van der Waals surface area contributed by atoms with Crippen molar-refractivity contribution < 1.29 is 21.9 Å². The quantitative estimate of drug-likeness (QED) is 0.814. The van der Waals surface area contributed by atoms with E-state index in [9.17, 15) is 17.2 Å². The Hall–Kier alpha value is -2.03. The molecule has 1 unspecified atom stereocenters. The predicted octanol–water partition coefficient (Wildman–Crippen LogP) is 2.55. The molecule has 0 aromatic heterocycles. The highest BCUT2D eigenvalue weighted by atomic mass is 32.2. The highest BCUT2D eigenvalue weighted by Gasteiger charge is 2.22. The molecule has 8 heteroatoms. The Labute approximate surface area is 146 Å². The molecule has 0 aliphatic rings. The molecule has 25 heavy (non-hydrogen) atoms. The minimum atomic E-state index is -3.98. The fraction of sp³-hybridized carbons (Fsp3) is 0.294. The van der Waals surface area contributed by atoms with Crippen molar-refractivity contribution in [2.45, 2.75) is 10.9 Å². The van der Waals surface area contributed by atoms with Crippen molar-refractivity contribution in [3.63, 3.8) is 0 Å². The minimum absolute atomic E-state index is 0.0364. The number of likely N-dealkylation sites (N-methyl/N-ethyl adjacent to an activating group) is 1. The maximum atomic E-state index is 13.3. The number of benzene rings is 2. The van der Waals surface area contributed by atoms with Gasteiger partial charge in [-0.2, -0.15) is 0 Å². The molecule has 0 amide bonds. The first-order valence-electron chi connectivity index (χ1n) is 7.50. The molecule has 0 saturated heterocycles. The second-order valence-corrected chi connectivity index (χ2v) is 7.42. The van der Waals surface area contributed by atoms with E-state index < -0.39 is 21.7 Å². The minimum Gasteiger partial charge on any atom is -0.496 e. The molecule has 2 rings (SSSR count). The van der Waals surface area contributed by atoms with Crippen LogP contribution in [0.1, 0.15) is 11.6 Å². The number of methoxy groups -OCH3 is 1. The van der Waals surface area contributed by atoms with Gasteiger partial charge in [-0.3, -0.25) is 0 Å². The molecule has 136 valence electrons. The Morgan fingerprint density at radius 3 is 2.40 bits per heavy atom. The number of hydrogen-bond donors (Lipinski definition) is 1. The standard InChI is InChI=1S/C17H20F2N2O3S/c1-21(2)16(13-6-4-5-7-17(13)24-3)11-20-25(22,23)12-8-9-14(18)15(19)10-12/h4-10,16,20H,11H2,1-3H3. The fourth-order valence-corrected chi connectivity index (χ4v) is 3.48. The molecule has 2 aromatic carbocycles. The summed E-state index contributed by atoms with van der Waals surface area (Å²) in [6.45, 7) is 0.0364. The Balaban J connectivity index is 2.24. The molecule has 0 heterocycles. The van der Waals surface area contributed by atoms with Crippen molar-refractivity contribution >= 4 is 10.0 Å². The van der Waals surface area contributed by atoms with Crippen LogP contribution < -0.4 is 9.46 Å². The molecule has 5 nitrogen and oxygen atoms in total. The summed E-state index contributed by atoms with van der Waals surface area (Å²) in [7, 11) is 1.18. The zero-order valence-electron chi connectivity index (χ0n) is 14.2. The molecule has 2 aromatic rings. The summed E-state index contributed by atoms with van der Waals surface area (Å²) in [6, 6.07) is 9.44. The molecule has 0 spiro atoms. The normalized spacial score (nSPS) is 13.0. The van der Waals surface area contributed by atoms with Crippen molar-refractivity contribution in [2.75, 3.05) is 27.7 Å². The second-order valence-electron chi connectivity index (χ2n) is 5.65. The summed E-state index contributed by atoms with van der Waals surface area (Å²) < 4.78 is 58.8. The average molecular weight is 370 g/mol. The number of ether oxygens (including phenoxy) is 1. The van der Waals surface area contributed by atoms with E-state index in [2.05, 4.69) is 4.72 Å². The zero-order chi connectivity index (χ0) is 18.6. The van der Waals surface area contributed by atoms with E-state index >= 15 is 0 Å². The number of para-hydroxylation sites is 1. The fourth-order valence-electron chi connectivity index (χ4n) is 2.43. The first-order chi connectivity index (χ1) is 11.8. The largest absolute Gasteiger partial charge is 0.496 e. The molecule has 0 radical (unpaired) electrons. The van der Waals surface area contributed by atoms with Crippen LogP contribution in [-0.2, 0) is 10.0 Å². The number of nitrogens with zero attached hydrogens (tertiary/aromatic N) is 1. The Bertz CT molecular complexity index is 842. The van der Waals surface area contributed by atoms with Crippen molar-refractivity contribution in [2.24, 2.45) is 0 Å². The van der Waals surface area contributed by atoms with Crippen LogP contribution in [0.4, 0.5) is 8.78 Å². The van der Waals surface area contributed by atoms with Gasteiger partial charge in [0.1, 0.15) is 5.75 Å². The lowest BCUT2D eigenvalue weighted by Gasteiger charge is -2.26. The van der Waals surface area contributed by atoms with Gasteiger partial charge >= 0.3 is 0 Å². The van der Waals surface area contributed by atoms with Crippen molar-refractivity contribution in [1.29, 1.82) is 0 Å². The first kappa shape index (κ1) is 19.3. The van der Waals surface area contributed by atoms with E-state index in [1.807, 2.05) is 37.2 Å². The maximum absolute atomic E-state index is 13.3. The molecule has 1 N–H and O–H groups in total. The summed E-state index contributed by atoms with van der Waals surface area (Å²) >= 11 is 0. The molecular formula is C17H20F2N2O3S. The smallest absolute Gasteiger partial charge is 0.240 e. The van der Waals surface area contributed by atoms with Crippen LogP contribution >= 0.6 is 0 Å². The predicted molar refractivity (Wildman–Crippen MR) is 91.0 cm³/mol. The lowest BCUT2D eigenvalue weighted by Crippen LogP contribution is -2.34. The lowest BCUT2D eigenvalue weighted by atomic mass is 10.1. The molecule has 0 aliphatic carbocycles. The Morgan fingerprint density at radius 2 is 1.80 bits per heavy atom. The molecule has 0 saturated carbocycles. The highest BCUT2D eigenvalue weighted by molar-refractivity contribution is 7.89. The van der Waals surface area contributed by atoms with Gasteiger partial charge < -0.3 is 9.64 Å². The molecule has 1 atom stereocenters. The van der Waals surface area contributed by atoms with E-state index in [1.165, 1.54) is 7.11 Å². The summed E-state index contributed by atoms with van der Waals surface area (Å²) in [5, 5.41) is 0. The third-order valence-corrected chi connectivity index (χ3v) is 5.21. The van der Waals surface area contributed by atoms with Crippen molar-refractivity contribution in [1.82, 2.24) is 9.62 Å². The van der Waals surface area contributed by atoms with E-state index in [4.69, 9.17) is 4.74 Å². The molecule has 0 bridgehead atoms. The van der Waals surface area contributed by atoms with E-state index in [0.717, 1.165) is 17.7 Å². The van der Waals surface area contributed by atoms with Crippen molar-refractivity contribution in [3.8, 4) is 5.75 Å². The summed E-state index contributed by atoms with van der Waals surface area (Å²) in [6.07, 6.45) is 0. The van der Waals surface area contributed by atoms with Gasteiger partial charge in [0.05, 0.1) is 18.0 Å². The van der Waals surface area contributed by atoms with Gasteiger partial charge in [0.15, 0.2) is 11.6 Å². The summed E-state index contributed by atoms with van der Waals surface area (Å²) in [4.78, 5) is 1.51. The van der Waals surface area contributed by atoms with Gasteiger partial charge in [0.25, 0.3) is 0 Å². The SMILES string of the molecule is COc1ccccc1C(CNS(=O)(=O)c1ccc(F)c(F)c1)N(C)C. The third-order valence-electron chi connectivity index (χ3n) is 3.79. The van der Waals surface area contributed by atoms with Gasteiger partial charge in [-0.15, -0.1) is 0 Å². The van der Waals surface area contributed by atoms with Crippen LogP contribution in [0.25, 0.3) is 0 Å². The highest BCUT2D eigenvalue weighted by Crippen LogP contribution is 2.27. The molecule has 0 aliphatic heterocycles. The number of rotatable bonds is 7. The molecule has 0 fully saturated rings. The number of sulfonamides is 1. The number of halogens is 2. The van der Waals surface area contributed by atoms with Gasteiger partial charge in [0, 0.05) is 12.1 Å². The van der Waals surface area contributed by atoms with Crippen LogP contribution in [0.2, 0.25) is 0 Å². The van der Waals surface area contributed by atoms with E-state index in [1.54, 1.807) is 6.07 Å². The summed E-state index contributed by atoms with van der Waals surface area (Å²) in [5.41, 5.74) is 0.808. The van der Waals surface area contributed by atoms with Gasteiger partial charge in [-0.25, -0.2) is 21.9 Å². The van der Waals surface area contributed by atoms with Gasteiger partial charge in [0.2, 0.25) is 10.0 Å². The van der Waals surface area contributed by atoms with E-state index in [-0.39, 0.29) is 17.5 Å². The summed E-state index contributed by atoms with van der Waals surface area (Å²) in [5.74, 6) is -1.68. The maximum Gasteiger partial charge on any atom is 0.240 e. The monoisotopic (exact) mass is 370 g/mol. The number of nitrogens with one attached hydrogen (secondary N) is 1. The van der Waals surface area contributed by atoms with Crippen LogP contribution in [0.5, 0.6) is 5.75 Å². The lowest BCUT2D eigenvalue weighted by molar-refractivity contribution is 0.289. The van der Waals surface area contributed by atoms with Crippen LogP contribution in [0, 0.1) is 11.6 Å². The van der Waals surface area contributed by atoms with Crippen LogP contribution in [-0.4, -0.2) is 41.1 Å². The number of hydrogen-bond acceptors (Lipinski definition) is 4. The van der Waals surface area contributed by atoms with E-state index in [0.29, 0.717) is 11.8 Å².